The van der Waals surface area contributed by atoms with E-state index in [0.717, 1.165) is 11.1 Å². The standard InChI is InChI=1S/2C11H15NO2/c2*1-8(7-10(12)11(13)14)9-5-3-2-4-6-9/h2*2-6,8,10H,7,12H2,1H3,(H,13,14)/t8-,10+;8-,10-/m00/s1. The summed E-state index contributed by atoms with van der Waals surface area (Å²) in [6.07, 6.45) is 0.943. The molecule has 6 N–H and O–H groups in total. The smallest absolute Gasteiger partial charge is 0.320 e. The Morgan fingerprint density at radius 2 is 1.00 bits per heavy atom. The average molecular weight is 386 g/mol. The molecule has 0 saturated heterocycles. The molecule has 152 valence electrons. The van der Waals surface area contributed by atoms with E-state index in [1.54, 1.807) is 0 Å². The van der Waals surface area contributed by atoms with Gasteiger partial charge in [-0.3, -0.25) is 9.59 Å². The summed E-state index contributed by atoms with van der Waals surface area (Å²) >= 11 is 0. The Kier molecular flexibility index (Phi) is 9.92. The Labute approximate surface area is 166 Å². The van der Waals surface area contributed by atoms with Crippen molar-refractivity contribution in [2.45, 2.75) is 50.6 Å². The van der Waals surface area contributed by atoms with E-state index >= 15 is 0 Å². The highest BCUT2D eigenvalue weighted by Crippen LogP contribution is 2.20. The van der Waals surface area contributed by atoms with Gasteiger partial charge in [0.05, 0.1) is 0 Å². The number of aliphatic carboxylic acids is 2. The molecule has 2 rings (SSSR count). The van der Waals surface area contributed by atoms with Gasteiger partial charge in [-0.1, -0.05) is 74.5 Å². The van der Waals surface area contributed by atoms with Gasteiger partial charge in [0.1, 0.15) is 12.1 Å². The largest absolute Gasteiger partial charge is 0.480 e. The fourth-order valence-electron chi connectivity index (χ4n) is 2.80. The van der Waals surface area contributed by atoms with E-state index in [0.29, 0.717) is 12.8 Å². The first-order chi connectivity index (χ1) is 13.2. The molecule has 0 aliphatic rings. The molecule has 0 fully saturated rings. The van der Waals surface area contributed by atoms with Crippen LogP contribution in [0, 0.1) is 0 Å². The van der Waals surface area contributed by atoms with Crippen LogP contribution in [0.1, 0.15) is 49.7 Å². The second-order valence-electron chi connectivity index (χ2n) is 6.98. The van der Waals surface area contributed by atoms with Crippen molar-refractivity contribution in [3.8, 4) is 0 Å². The average Bonchev–Trinajstić information content (AvgIpc) is 2.69. The van der Waals surface area contributed by atoms with Gasteiger partial charge in [0.25, 0.3) is 0 Å². The van der Waals surface area contributed by atoms with Crippen LogP contribution in [-0.4, -0.2) is 34.2 Å². The van der Waals surface area contributed by atoms with E-state index in [-0.39, 0.29) is 11.8 Å². The number of carboxylic acid groups (broad SMARTS) is 2. The zero-order valence-corrected chi connectivity index (χ0v) is 16.4. The van der Waals surface area contributed by atoms with Crippen molar-refractivity contribution < 1.29 is 19.8 Å². The Hall–Kier alpha value is -2.70. The molecule has 0 unspecified atom stereocenters. The molecule has 2 aromatic carbocycles. The second-order valence-corrected chi connectivity index (χ2v) is 6.98. The lowest BCUT2D eigenvalue weighted by atomic mass is 9.94. The van der Waals surface area contributed by atoms with Crippen LogP contribution in [0.15, 0.2) is 60.7 Å². The zero-order chi connectivity index (χ0) is 21.1. The van der Waals surface area contributed by atoms with Crippen LogP contribution in [0.5, 0.6) is 0 Å². The molecule has 0 aliphatic heterocycles. The van der Waals surface area contributed by atoms with Gasteiger partial charge in [-0.2, -0.15) is 0 Å². The van der Waals surface area contributed by atoms with Crippen molar-refractivity contribution in [3.63, 3.8) is 0 Å². The van der Waals surface area contributed by atoms with Crippen LogP contribution < -0.4 is 11.5 Å². The van der Waals surface area contributed by atoms with Crippen LogP contribution in [-0.2, 0) is 9.59 Å². The maximum atomic E-state index is 10.5. The summed E-state index contributed by atoms with van der Waals surface area (Å²) in [6.45, 7) is 3.97. The van der Waals surface area contributed by atoms with Crippen molar-refractivity contribution in [2.24, 2.45) is 11.5 Å². The summed E-state index contributed by atoms with van der Waals surface area (Å²) in [6, 6.07) is 18.0. The minimum absolute atomic E-state index is 0.183. The highest BCUT2D eigenvalue weighted by Gasteiger charge is 2.17. The van der Waals surface area contributed by atoms with E-state index < -0.39 is 24.0 Å². The molecule has 0 bridgehead atoms. The Bertz CT molecular complexity index is 658. The summed E-state index contributed by atoms with van der Waals surface area (Å²) in [5.41, 5.74) is 13.2. The SMILES string of the molecule is C[C@@H](C[C@@H](N)C(=O)O)c1ccccc1.C[C@@H](C[C@H](N)C(=O)O)c1ccccc1. The number of carboxylic acids is 2. The number of hydrogen-bond donors (Lipinski definition) is 4. The molecule has 6 nitrogen and oxygen atoms in total. The monoisotopic (exact) mass is 386 g/mol. The number of nitrogens with two attached hydrogens (primary N) is 2. The van der Waals surface area contributed by atoms with Crippen LogP contribution >= 0.6 is 0 Å². The normalized spacial score (nSPS) is 14.7. The summed E-state index contributed by atoms with van der Waals surface area (Å²) in [5.74, 6) is -1.51. The summed E-state index contributed by atoms with van der Waals surface area (Å²) in [7, 11) is 0. The third-order valence-electron chi connectivity index (χ3n) is 4.59. The lowest BCUT2D eigenvalue weighted by Crippen LogP contribution is -2.31. The molecule has 4 atom stereocenters. The predicted octanol–water partition coefficient (Wildman–Crippen LogP) is 3.18. The van der Waals surface area contributed by atoms with Crippen molar-refractivity contribution in [2.75, 3.05) is 0 Å². The quantitative estimate of drug-likeness (QED) is 0.552. The van der Waals surface area contributed by atoms with Gasteiger partial charge in [0.2, 0.25) is 0 Å². The van der Waals surface area contributed by atoms with Crippen molar-refractivity contribution in [1.82, 2.24) is 0 Å². The molecule has 0 radical (unpaired) electrons. The molecule has 2 aromatic rings. The molecule has 0 aliphatic carbocycles. The molecule has 28 heavy (non-hydrogen) atoms. The minimum atomic E-state index is -0.937. The number of carbonyl (C=O) groups is 2. The molecule has 0 saturated carbocycles. The fraction of sp³-hybridized carbons (Fsp3) is 0.364. The lowest BCUT2D eigenvalue weighted by Gasteiger charge is -2.14. The van der Waals surface area contributed by atoms with Crippen molar-refractivity contribution in [3.05, 3.63) is 71.8 Å². The van der Waals surface area contributed by atoms with Gasteiger partial charge in [0.15, 0.2) is 0 Å². The second kappa shape index (κ2) is 11.9. The highest BCUT2D eigenvalue weighted by atomic mass is 16.4. The van der Waals surface area contributed by atoms with E-state index in [2.05, 4.69) is 0 Å². The Morgan fingerprint density at radius 1 is 0.714 bits per heavy atom. The zero-order valence-electron chi connectivity index (χ0n) is 16.4. The molecule has 0 spiro atoms. The fourth-order valence-corrected chi connectivity index (χ4v) is 2.80. The topological polar surface area (TPSA) is 127 Å². The lowest BCUT2D eigenvalue weighted by molar-refractivity contribution is -0.139. The summed E-state index contributed by atoms with van der Waals surface area (Å²) < 4.78 is 0. The van der Waals surface area contributed by atoms with Crippen LogP contribution in [0.25, 0.3) is 0 Å². The summed E-state index contributed by atoms with van der Waals surface area (Å²) in [4.78, 5) is 21.1. The first-order valence-electron chi connectivity index (χ1n) is 9.29. The maximum absolute atomic E-state index is 10.5. The van der Waals surface area contributed by atoms with Gasteiger partial charge in [0, 0.05) is 0 Å². The minimum Gasteiger partial charge on any atom is -0.480 e. The van der Waals surface area contributed by atoms with Gasteiger partial charge in [-0.05, 0) is 35.8 Å². The molecule has 0 amide bonds. The number of benzene rings is 2. The highest BCUT2D eigenvalue weighted by molar-refractivity contribution is 5.73. The first-order valence-corrected chi connectivity index (χ1v) is 9.29. The van der Waals surface area contributed by atoms with Gasteiger partial charge in [-0.15, -0.1) is 0 Å². The van der Waals surface area contributed by atoms with Crippen LogP contribution in [0.2, 0.25) is 0 Å². The molecular weight excluding hydrogens is 356 g/mol. The van der Waals surface area contributed by atoms with E-state index in [4.69, 9.17) is 21.7 Å². The maximum Gasteiger partial charge on any atom is 0.320 e. The van der Waals surface area contributed by atoms with E-state index in [9.17, 15) is 9.59 Å². The van der Waals surface area contributed by atoms with Crippen molar-refractivity contribution in [1.29, 1.82) is 0 Å². The first kappa shape index (κ1) is 23.3. The molecular formula is C22H30N2O4. The van der Waals surface area contributed by atoms with Crippen LogP contribution in [0.3, 0.4) is 0 Å². The number of hydrogen-bond acceptors (Lipinski definition) is 4. The van der Waals surface area contributed by atoms with E-state index in [1.807, 2.05) is 74.5 Å². The van der Waals surface area contributed by atoms with E-state index in [1.165, 1.54) is 0 Å². The Balaban J connectivity index is 0.000000280. The summed E-state index contributed by atoms with van der Waals surface area (Å²) in [5, 5.41) is 17.3. The molecule has 6 heteroatoms. The van der Waals surface area contributed by atoms with Crippen molar-refractivity contribution >= 4 is 11.9 Å². The van der Waals surface area contributed by atoms with Gasteiger partial charge in [-0.25, -0.2) is 0 Å². The van der Waals surface area contributed by atoms with Crippen LogP contribution in [0.4, 0.5) is 0 Å². The van der Waals surface area contributed by atoms with Gasteiger partial charge < -0.3 is 21.7 Å². The molecule has 0 heterocycles. The number of rotatable bonds is 8. The third kappa shape index (κ3) is 8.33. The third-order valence-corrected chi connectivity index (χ3v) is 4.59. The molecule has 0 aromatic heterocycles. The predicted molar refractivity (Wildman–Crippen MR) is 110 cm³/mol. The Morgan fingerprint density at radius 3 is 1.25 bits per heavy atom. The van der Waals surface area contributed by atoms with Gasteiger partial charge >= 0.3 is 11.9 Å².